The lowest BCUT2D eigenvalue weighted by Crippen LogP contribution is -2.49. The first kappa shape index (κ1) is 10.3. The van der Waals surface area contributed by atoms with E-state index in [1.165, 1.54) is 4.90 Å². The Bertz CT molecular complexity index is 176. The number of aliphatic hydroxyl groups excluding tert-OH is 1. The molecule has 1 saturated heterocycles. The van der Waals surface area contributed by atoms with Gasteiger partial charge >= 0.3 is 6.09 Å². The van der Waals surface area contributed by atoms with Gasteiger partial charge in [-0.2, -0.15) is 0 Å². The van der Waals surface area contributed by atoms with Crippen molar-refractivity contribution >= 4 is 6.09 Å². The summed E-state index contributed by atoms with van der Waals surface area (Å²) in [6, 6.07) is 0. The molecule has 5 heteroatoms. The molecule has 13 heavy (non-hydrogen) atoms. The van der Waals surface area contributed by atoms with E-state index in [0.717, 1.165) is 13.1 Å². The van der Waals surface area contributed by atoms with Gasteiger partial charge in [0.15, 0.2) is 0 Å². The van der Waals surface area contributed by atoms with Crippen LogP contribution in [-0.2, 0) is 0 Å². The number of aliphatic hydroxyl groups is 1. The minimum atomic E-state index is -0.850. The average molecular weight is 188 g/mol. The van der Waals surface area contributed by atoms with Gasteiger partial charge in [0.1, 0.15) is 0 Å². The summed E-state index contributed by atoms with van der Waals surface area (Å²) in [6.07, 6.45) is -1.19. The van der Waals surface area contributed by atoms with Crippen LogP contribution in [0.1, 0.15) is 6.92 Å². The summed E-state index contributed by atoms with van der Waals surface area (Å²) < 4.78 is 0. The Hall–Kier alpha value is -0.810. The molecule has 0 saturated carbocycles. The summed E-state index contributed by atoms with van der Waals surface area (Å²) in [5.74, 6) is 0. The van der Waals surface area contributed by atoms with Gasteiger partial charge in [-0.1, -0.05) is 0 Å². The molecule has 0 bridgehead atoms. The van der Waals surface area contributed by atoms with Crippen LogP contribution in [-0.4, -0.2) is 64.9 Å². The molecule has 1 amide bonds. The quantitative estimate of drug-likeness (QED) is 0.622. The number of β-amino-alcohol motifs (C(OH)–C–C–N with tert-alkyl or cyclic N) is 1. The van der Waals surface area contributed by atoms with Gasteiger partial charge in [0.25, 0.3) is 0 Å². The van der Waals surface area contributed by atoms with Crippen molar-refractivity contribution in [3.63, 3.8) is 0 Å². The Balaban J connectivity index is 2.26. The highest BCUT2D eigenvalue weighted by molar-refractivity contribution is 5.65. The maximum Gasteiger partial charge on any atom is 0.407 e. The first-order valence-electron chi connectivity index (χ1n) is 4.48. The van der Waals surface area contributed by atoms with Gasteiger partial charge in [0.05, 0.1) is 6.10 Å². The molecule has 0 radical (unpaired) electrons. The standard InChI is InChI=1S/C8H16N2O3/c1-7(11)6-9-2-4-10(5-3-9)8(12)13/h7,11H,2-6H2,1H3,(H,12,13)/t7-/m0/s1. The predicted octanol–water partition coefficient (Wildman–Crippen LogP) is -0.337. The van der Waals surface area contributed by atoms with Crippen LogP contribution in [0.25, 0.3) is 0 Å². The second-order valence-electron chi connectivity index (χ2n) is 3.42. The van der Waals surface area contributed by atoms with Crippen molar-refractivity contribution in [3.05, 3.63) is 0 Å². The van der Waals surface area contributed by atoms with Gasteiger partial charge in [0, 0.05) is 32.7 Å². The van der Waals surface area contributed by atoms with Crippen LogP contribution in [0.2, 0.25) is 0 Å². The molecule has 76 valence electrons. The number of hydrogen-bond acceptors (Lipinski definition) is 3. The lowest BCUT2D eigenvalue weighted by molar-refractivity contribution is 0.0762. The highest BCUT2D eigenvalue weighted by atomic mass is 16.4. The predicted molar refractivity (Wildman–Crippen MR) is 47.7 cm³/mol. The number of carboxylic acid groups (broad SMARTS) is 1. The Labute approximate surface area is 77.6 Å². The lowest BCUT2D eigenvalue weighted by Gasteiger charge is -2.33. The fraction of sp³-hybridized carbons (Fsp3) is 0.875. The number of amides is 1. The van der Waals surface area contributed by atoms with Crippen molar-refractivity contribution < 1.29 is 15.0 Å². The summed E-state index contributed by atoms with van der Waals surface area (Å²) in [4.78, 5) is 14.0. The van der Waals surface area contributed by atoms with Gasteiger partial charge in [-0.15, -0.1) is 0 Å². The van der Waals surface area contributed by atoms with Crippen LogP contribution in [0.15, 0.2) is 0 Å². The molecule has 0 aromatic carbocycles. The highest BCUT2D eigenvalue weighted by Gasteiger charge is 2.20. The molecule has 0 spiro atoms. The lowest BCUT2D eigenvalue weighted by atomic mass is 10.3. The van der Waals surface area contributed by atoms with E-state index in [1.54, 1.807) is 6.92 Å². The van der Waals surface area contributed by atoms with Crippen LogP contribution in [0.5, 0.6) is 0 Å². The fourth-order valence-corrected chi connectivity index (χ4v) is 1.50. The first-order valence-corrected chi connectivity index (χ1v) is 4.48. The summed E-state index contributed by atoms with van der Waals surface area (Å²) in [5.41, 5.74) is 0. The maximum atomic E-state index is 10.5. The fourth-order valence-electron chi connectivity index (χ4n) is 1.50. The maximum absolute atomic E-state index is 10.5. The zero-order valence-electron chi connectivity index (χ0n) is 7.81. The molecular formula is C8H16N2O3. The molecule has 5 nitrogen and oxygen atoms in total. The molecule has 1 aliphatic heterocycles. The zero-order valence-corrected chi connectivity index (χ0v) is 7.81. The minimum absolute atomic E-state index is 0.337. The molecular weight excluding hydrogens is 172 g/mol. The molecule has 0 aromatic heterocycles. The van der Waals surface area contributed by atoms with Gasteiger partial charge in [0.2, 0.25) is 0 Å². The second-order valence-corrected chi connectivity index (χ2v) is 3.42. The molecule has 2 N–H and O–H groups in total. The van der Waals surface area contributed by atoms with E-state index in [0.29, 0.717) is 19.6 Å². The van der Waals surface area contributed by atoms with E-state index in [4.69, 9.17) is 10.2 Å². The highest BCUT2D eigenvalue weighted by Crippen LogP contribution is 2.02. The minimum Gasteiger partial charge on any atom is -0.465 e. The Morgan fingerprint density at radius 3 is 2.31 bits per heavy atom. The van der Waals surface area contributed by atoms with Crippen LogP contribution in [0, 0.1) is 0 Å². The first-order chi connectivity index (χ1) is 6.09. The Morgan fingerprint density at radius 1 is 1.38 bits per heavy atom. The topological polar surface area (TPSA) is 64.0 Å². The molecule has 0 unspecified atom stereocenters. The zero-order chi connectivity index (χ0) is 9.84. The van der Waals surface area contributed by atoms with Crippen LogP contribution in [0.3, 0.4) is 0 Å². The van der Waals surface area contributed by atoms with E-state index in [1.807, 2.05) is 0 Å². The Morgan fingerprint density at radius 2 is 1.92 bits per heavy atom. The number of rotatable bonds is 2. The van der Waals surface area contributed by atoms with Gasteiger partial charge < -0.3 is 15.1 Å². The summed E-state index contributed by atoms with van der Waals surface area (Å²) >= 11 is 0. The third kappa shape index (κ3) is 3.20. The molecule has 1 heterocycles. The third-order valence-electron chi connectivity index (χ3n) is 2.17. The van der Waals surface area contributed by atoms with Crippen molar-refractivity contribution in [3.8, 4) is 0 Å². The van der Waals surface area contributed by atoms with E-state index in [-0.39, 0.29) is 6.10 Å². The van der Waals surface area contributed by atoms with Crippen LogP contribution in [0.4, 0.5) is 4.79 Å². The summed E-state index contributed by atoms with van der Waals surface area (Å²) in [6.45, 7) is 4.90. The second kappa shape index (κ2) is 4.43. The van der Waals surface area contributed by atoms with Crippen molar-refractivity contribution in [1.82, 2.24) is 9.80 Å². The number of piperazine rings is 1. The van der Waals surface area contributed by atoms with Crippen LogP contribution < -0.4 is 0 Å². The number of carbonyl (C=O) groups is 1. The summed E-state index contributed by atoms with van der Waals surface area (Å²) in [7, 11) is 0. The molecule has 1 aliphatic rings. The Kier molecular flexibility index (Phi) is 3.50. The molecule has 0 aliphatic carbocycles. The van der Waals surface area contributed by atoms with Gasteiger partial charge in [-0.05, 0) is 6.92 Å². The van der Waals surface area contributed by atoms with E-state index in [2.05, 4.69) is 4.90 Å². The SMILES string of the molecule is C[C@H](O)CN1CCN(C(=O)O)CC1. The van der Waals surface area contributed by atoms with E-state index >= 15 is 0 Å². The van der Waals surface area contributed by atoms with Crippen molar-refractivity contribution in [1.29, 1.82) is 0 Å². The van der Waals surface area contributed by atoms with Crippen molar-refractivity contribution in [2.45, 2.75) is 13.0 Å². The average Bonchev–Trinajstić information content (AvgIpc) is 2.04. The van der Waals surface area contributed by atoms with Crippen molar-refractivity contribution in [2.24, 2.45) is 0 Å². The van der Waals surface area contributed by atoms with Gasteiger partial charge in [-0.3, -0.25) is 4.90 Å². The molecule has 1 rings (SSSR count). The number of hydrogen-bond donors (Lipinski definition) is 2. The van der Waals surface area contributed by atoms with E-state index < -0.39 is 6.09 Å². The smallest absolute Gasteiger partial charge is 0.407 e. The monoisotopic (exact) mass is 188 g/mol. The summed E-state index contributed by atoms with van der Waals surface area (Å²) in [5, 5.41) is 17.8. The molecule has 1 atom stereocenters. The normalized spacial score (nSPS) is 21.5. The van der Waals surface area contributed by atoms with Gasteiger partial charge in [-0.25, -0.2) is 4.79 Å². The van der Waals surface area contributed by atoms with Crippen LogP contribution >= 0.6 is 0 Å². The van der Waals surface area contributed by atoms with Crippen molar-refractivity contribution in [2.75, 3.05) is 32.7 Å². The largest absolute Gasteiger partial charge is 0.465 e. The third-order valence-corrected chi connectivity index (χ3v) is 2.17. The van der Waals surface area contributed by atoms with E-state index in [9.17, 15) is 4.79 Å². The molecule has 0 aromatic rings. The molecule has 1 fully saturated rings. The number of nitrogens with zero attached hydrogens (tertiary/aromatic N) is 2.